The number of hydrogen-bond donors (Lipinski definition) is 1. The molecule has 0 spiro atoms. The molecule has 0 bridgehead atoms. The van der Waals surface area contributed by atoms with E-state index in [1.807, 2.05) is 48.5 Å². The molecule has 2 aromatic carbocycles. The van der Waals surface area contributed by atoms with Gasteiger partial charge in [0.1, 0.15) is 0 Å². The molecule has 1 saturated carbocycles. The second-order valence-corrected chi connectivity index (χ2v) is 7.70. The van der Waals surface area contributed by atoms with Crippen molar-refractivity contribution in [1.29, 1.82) is 0 Å². The van der Waals surface area contributed by atoms with Gasteiger partial charge in [0, 0.05) is 28.9 Å². The van der Waals surface area contributed by atoms with Crippen LogP contribution < -0.4 is 0 Å². The largest absolute Gasteiger partial charge is 0.368 e. The van der Waals surface area contributed by atoms with Gasteiger partial charge in [-0.15, -0.1) is 0 Å². The third kappa shape index (κ3) is 1.62. The van der Waals surface area contributed by atoms with E-state index in [4.69, 9.17) is 14.2 Å². The van der Waals surface area contributed by atoms with Crippen molar-refractivity contribution in [2.24, 2.45) is 23.7 Å². The molecule has 4 unspecified atom stereocenters. The second kappa shape index (κ2) is 4.71. The van der Waals surface area contributed by atoms with Crippen LogP contribution in [0.4, 0.5) is 0 Å². The SMILES string of the molecule is O[C@@H]1O[C@]2(c3ccccc3)O[C@]3(c4ccccc4)OCC4CC1C2C43. The van der Waals surface area contributed by atoms with Gasteiger partial charge < -0.3 is 19.3 Å². The Bertz CT molecular complexity index is 809. The molecule has 4 nitrogen and oxygen atoms in total. The van der Waals surface area contributed by atoms with Crippen LogP contribution in [0.15, 0.2) is 60.7 Å². The van der Waals surface area contributed by atoms with Crippen LogP contribution in [0.2, 0.25) is 0 Å². The molecule has 0 aromatic heterocycles. The lowest BCUT2D eigenvalue weighted by atomic mass is 9.78. The van der Waals surface area contributed by atoms with Crippen LogP contribution in [0.5, 0.6) is 0 Å². The maximum Gasteiger partial charge on any atom is 0.204 e. The maximum absolute atomic E-state index is 10.6. The molecule has 4 heteroatoms. The summed E-state index contributed by atoms with van der Waals surface area (Å²) in [7, 11) is 0. The molecular formula is C21H20O4. The summed E-state index contributed by atoms with van der Waals surface area (Å²) in [6.45, 7) is 0.685. The first-order chi connectivity index (χ1) is 12.2. The maximum atomic E-state index is 10.6. The van der Waals surface area contributed by atoms with Crippen LogP contribution in [0.3, 0.4) is 0 Å². The lowest BCUT2D eigenvalue weighted by molar-refractivity contribution is -0.346. The first-order valence-electron chi connectivity index (χ1n) is 9.06. The predicted molar refractivity (Wildman–Crippen MR) is 88.9 cm³/mol. The van der Waals surface area contributed by atoms with E-state index in [-0.39, 0.29) is 17.8 Å². The van der Waals surface area contributed by atoms with E-state index in [2.05, 4.69) is 12.1 Å². The lowest BCUT2D eigenvalue weighted by Gasteiger charge is -2.34. The Kier molecular flexibility index (Phi) is 2.72. The predicted octanol–water partition coefficient (Wildman–Crippen LogP) is 2.97. The first-order valence-corrected chi connectivity index (χ1v) is 9.06. The minimum Gasteiger partial charge on any atom is -0.368 e. The Balaban J connectivity index is 1.57. The van der Waals surface area contributed by atoms with Crippen molar-refractivity contribution in [1.82, 2.24) is 0 Å². The van der Waals surface area contributed by atoms with Gasteiger partial charge in [-0.1, -0.05) is 60.7 Å². The van der Waals surface area contributed by atoms with E-state index < -0.39 is 17.9 Å². The number of hydrogen-bond acceptors (Lipinski definition) is 4. The highest BCUT2D eigenvalue weighted by molar-refractivity contribution is 5.33. The summed E-state index contributed by atoms with van der Waals surface area (Å²) in [5.74, 6) is -0.888. The summed E-state index contributed by atoms with van der Waals surface area (Å²) < 4.78 is 19.2. The fourth-order valence-corrected chi connectivity index (χ4v) is 5.82. The summed E-state index contributed by atoms with van der Waals surface area (Å²) >= 11 is 0. The van der Waals surface area contributed by atoms with Crippen LogP contribution in [0.1, 0.15) is 17.5 Å². The Morgan fingerprint density at radius 3 is 2.16 bits per heavy atom. The van der Waals surface area contributed by atoms with Crippen molar-refractivity contribution < 1.29 is 19.3 Å². The van der Waals surface area contributed by atoms with Crippen LogP contribution >= 0.6 is 0 Å². The van der Waals surface area contributed by atoms with Gasteiger partial charge in [0.2, 0.25) is 11.6 Å². The Morgan fingerprint density at radius 2 is 1.48 bits per heavy atom. The van der Waals surface area contributed by atoms with Crippen LogP contribution in [-0.4, -0.2) is 18.0 Å². The number of rotatable bonds is 2. The number of ether oxygens (including phenoxy) is 3. The van der Waals surface area contributed by atoms with E-state index >= 15 is 0 Å². The Morgan fingerprint density at radius 1 is 0.840 bits per heavy atom. The zero-order valence-corrected chi connectivity index (χ0v) is 13.7. The average Bonchev–Trinajstić information content (AvgIpc) is 3.35. The number of benzene rings is 2. The van der Waals surface area contributed by atoms with Gasteiger partial charge in [0.15, 0.2) is 6.29 Å². The van der Waals surface area contributed by atoms with Gasteiger partial charge in [-0.3, -0.25) is 0 Å². The van der Waals surface area contributed by atoms with Crippen LogP contribution in [0, 0.1) is 23.7 Å². The van der Waals surface area contributed by atoms with E-state index in [1.54, 1.807) is 0 Å². The molecule has 4 fully saturated rings. The van der Waals surface area contributed by atoms with Crippen molar-refractivity contribution >= 4 is 0 Å². The van der Waals surface area contributed by atoms with Gasteiger partial charge in [-0.05, 0) is 12.3 Å². The monoisotopic (exact) mass is 336 g/mol. The summed E-state index contributed by atoms with van der Waals surface area (Å²) in [4.78, 5) is 0. The van der Waals surface area contributed by atoms with Crippen molar-refractivity contribution in [3.05, 3.63) is 71.8 Å². The Labute approximate surface area is 146 Å². The molecule has 3 heterocycles. The average molecular weight is 336 g/mol. The summed E-state index contributed by atoms with van der Waals surface area (Å²) in [5, 5.41) is 10.6. The molecule has 3 saturated heterocycles. The van der Waals surface area contributed by atoms with E-state index in [1.165, 1.54) is 0 Å². The van der Waals surface area contributed by atoms with E-state index in [0.29, 0.717) is 12.5 Å². The third-order valence-corrected chi connectivity index (χ3v) is 6.64. The molecule has 6 rings (SSSR count). The molecule has 0 radical (unpaired) electrons. The minimum absolute atomic E-state index is 0.102. The quantitative estimate of drug-likeness (QED) is 0.916. The minimum atomic E-state index is -0.930. The van der Waals surface area contributed by atoms with Crippen molar-refractivity contribution in [3.8, 4) is 0 Å². The molecule has 0 amide bonds. The highest BCUT2D eigenvalue weighted by Crippen LogP contribution is 2.72. The molecule has 1 aliphatic carbocycles. The summed E-state index contributed by atoms with van der Waals surface area (Å²) in [6.07, 6.45) is 0.160. The normalized spacial score (nSPS) is 46.5. The molecule has 3 aliphatic heterocycles. The molecule has 128 valence electrons. The fourth-order valence-electron chi connectivity index (χ4n) is 5.82. The van der Waals surface area contributed by atoms with Crippen LogP contribution in [0.25, 0.3) is 0 Å². The molecule has 1 N–H and O–H groups in total. The first kappa shape index (κ1) is 14.4. The highest BCUT2D eigenvalue weighted by atomic mass is 16.8. The highest BCUT2D eigenvalue weighted by Gasteiger charge is 2.78. The van der Waals surface area contributed by atoms with Crippen LogP contribution in [-0.2, 0) is 25.8 Å². The number of aliphatic hydroxyl groups is 1. The lowest BCUT2D eigenvalue weighted by Crippen LogP contribution is -2.36. The van der Waals surface area contributed by atoms with E-state index in [0.717, 1.165) is 17.5 Å². The Hall–Kier alpha value is -1.72. The van der Waals surface area contributed by atoms with Crippen molar-refractivity contribution in [3.63, 3.8) is 0 Å². The third-order valence-electron chi connectivity index (χ3n) is 6.64. The summed E-state index contributed by atoms with van der Waals surface area (Å²) in [6, 6.07) is 20.2. The van der Waals surface area contributed by atoms with Gasteiger partial charge in [0.25, 0.3) is 0 Å². The van der Waals surface area contributed by atoms with Gasteiger partial charge >= 0.3 is 0 Å². The van der Waals surface area contributed by atoms with Gasteiger partial charge in [-0.25, -0.2) is 0 Å². The standard InChI is InChI=1S/C21H20O4/c22-19-16-11-13-12-23-20(14-7-3-1-4-8-14)17(13)18(16)21(24-19,25-20)15-9-5-2-6-10-15/h1-10,13,16-19,22H,11-12H2/t13?,16?,17?,18?,19-,20+,21-/m1/s1. The molecule has 7 atom stereocenters. The van der Waals surface area contributed by atoms with Gasteiger partial charge in [-0.2, -0.15) is 0 Å². The molecule has 2 aromatic rings. The zero-order valence-electron chi connectivity index (χ0n) is 13.7. The van der Waals surface area contributed by atoms with E-state index in [9.17, 15) is 5.11 Å². The van der Waals surface area contributed by atoms with Gasteiger partial charge in [0.05, 0.1) is 6.61 Å². The summed E-state index contributed by atoms with van der Waals surface area (Å²) in [5.41, 5.74) is 2.02. The molecular weight excluding hydrogens is 316 g/mol. The fraction of sp³-hybridized carbons (Fsp3) is 0.429. The zero-order chi connectivity index (χ0) is 16.6. The number of aliphatic hydroxyl groups excluding tert-OH is 1. The van der Waals surface area contributed by atoms with Crippen molar-refractivity contribution in [2.75, 3.05) is 6.61 Å². The smallest absolute Gasteiger partial charge is 0.204 e. The van der Waals surface area contributed by atoms with Crippen molar-refractivity contribution in [2.45, 2.75) is 24.3 Å². The topological polar surface area (TPSA) is 47.9 Å². The second-order valence-electron chi connectivity index (χ2n) is 7.70. The molecule has 4 aliphatic rings. The molecule has 25 heavy (non-hydrogen) atoms.